The van der Waals surface area contributed by atoms with Crippen molar-refractivity contribution in [1.29, 1.82) is 5.41 Å². The Balaban J connectivity index is 1.64. The fraction of sp³-hybridized carbons (Fsp3) is 0.179. The summed E-state index contributed by atoms with van der Waals surface area (Å²) in [4.78, 5) is 24.9. The highest BCUT2D eigenvalue weighted by molar-refractivity contribution is 6.00. The monoisotopic (exact) mass is 606 g/mol. The van der Waals surface area contributed by atoms with Crippen LogP contribution in [0.1, 0.15) is 16.7 Å². The van der Waals surface area contributed by atoms with Gasteiger partial charge in [-0.05, 0) is 54.1 Å². The second kappa shape index (κ2) is 14.0. The number of halogens is 5. The van der Waals surface area contributed by atoms with Crippen molar-refractivity contribution in [3.8, 4) is 11.5 Å². The van der Waals surface area contributed by atoms with E-state index in [2.05, 4.69) is 21.3 Å². The number of amides is 3. The van der Waals surface area contributed by atoms with Gasteiger partial charge in [-0.1, -0.05) is 0 Å². The first kappa shape index (κ1) is 32.2. The normalized spacial score (nSPS) is 11.6. The minimum Gasteiger partial charge on any atom is -0.497 e. The van der Waals surface area contributed by atoms with E-state index in [0.717, 1.165) is 24.4 Å². The van der Waals surface area contributed by atoms with E-state index in [1.54, 1.807) is 18.2 Å². The van der Waals surface area contributed by atoms with Gasteiger partial charge in [-0.2, -0.15) is 13.2 Å². The average Bonchev–Trinajstić information content (AvgIpc) is 2.96. The largest absolute Gasteiger partial charge is 0.497 e. The molecule has 0 unspecified atom stereocenters. The smallest absolute Gasteiger partial charge is 0.416 e. The summed E-state index contributed by atoms with van der Waals surface area (Å²) in [5, 5.41) is 17.3. The lowest BCUT2D eigenvalue weighted by Crippen LogP contribution is -2.32. The third-order valence-corrected chi connectivity index (χ3v) is 5.86. The number of hydrogen-bond donors (Lipinski definition) is 6. The van der Waals surface area contributed by atoms with E-state index in [4.69, 9.17) is 20.6 Å². The number of carbonyl (C=O) groups is 2. The predicted octanol–water partition coefficient (Wildman–Crippen LogP) is 4.87. The summed E-state index contributed by atoms with van der Waals surface area (Å²) in [7, 11) is 2.96. The topological polar surface area (TPSA) is 151 Å². The molecule has 0 heterocycles. The summed E-state index contributed by atoms with van der Waals surface area (Å²) in [5.74, 6) is -1.75. The van der Waals surface area contributed by atoms with E-state index in [1.165, 1.54) is 20.3 Å². The lowest BCUT2D eigenvalue weighted by molar-refractivity contribution is -0.137. The Hall–Kier alpha value is -5.34. The van der Waals surface area contributed by atoms with Crippen molar-refractivity contribution in [3.63, 3.8) is 0 Å². The lowest BCUT2D eigenvalue weighted by Gasteiger charge is -2.14. The van der Waals surface area contributed by atoms with Crippen LogP contribution >= 0.6 is 0 Å². The molecule has 3 aromatic rings. The molecule has 3 aromatic carbocycles. The lowest BCUT2D eigenvalue weighted by atomic mass is 10.1. The molecule has 228 valence electrons. The van der Waals surface area contributed by atoms with Crippen LogP contribution in [0.3, 0.4) is 0 Å². The molecule has 0 spiro atoms. The number of urea groups is 1. The molecular weight excluding hydrogens is 579 g/mol. The number of allylic oxidation sites excluding steroid dienone is 1. The number of methoxy groups -OCH3 is 2. The summed E-state index contributed by atoms with van der Waals surface area (Å²) < 4.78 is 76.9. The van der Waals surface area contributed by atoms with E-state index in [0.29, 0.717) is 23.1 Å². The number of anilines is 2. The fourth-order valence-corrected chi connectivity index (χ4v) is 3.71. The third-order valence-electron chi connectivity index (χ3n) is 5.86. The molecule has 0 aliphatic carbocycles. The number of nitrogens with two attached hydrogens (primary N) is 1. The Morgan fingerprint density at radius 3 is 2.30 bits per heavy atom. The van der Waals surface area contributed by atoms with Gasteiger partial charge in [0.15, 0.2) is 0 Å². The number of carbonyl (C=O) groups excluding carboxylic acids is 2. The highest BCUT2D eigenvalue weighted by Gasteiger charge is 2.31. The molecule has 10 nitrogen and oxygen atoms in total. The summed E-state index contributed by atoms with van der Waals surface area (Å²) in [6, 6.07) is 8.97. The number of alkyl halides is 3. The quantitative estimate of drug-likeness (QED) is 0.104. The summed E-state index contributed by atoms with van der Waals surface area (Å²) in [6.45, 7) is -0.0814. The number of rotatable bonds is 11. The first-order valence-electron chi connectivity index (χ1n) is 12.3. The van der Waals surface area contributed by atoms with Gasteiger partial charge in [0.1, 0.15) is 28.8 Å². The Labute approximate surface area is 242 Å². The molecule has 0 aliphatic rings. The van der Waals surface area contributed by atoms with Gasteiger partial charge in [0.2, 0.25) is 0 Å². The van der Waals surface area contributed by atoms with Crippen LogP contribution in [0.15, 0.2) is 66.0 Å². The first-order chi connectivity index (χ1) is 20.3. The molecule has 0 radical (unpaired) electrons. The standard InChI is InChI=1S/C28H27F5N6O4/c1-42-20-5-3-16(24(11-20)43-2)14-37-26(40)25(35)23(12-34)36-13-15-7-18(29)10-19(8-15)38-27(41)39-22-6-4-17(9-21(22)30)28(31,32)33/h3-12,34,36H,13-14,35H2,1-2H3,(H,37,40)(H2,38,39,41). The molecule has 0 aromatic heterocycles. The van der Waals surface area contributed by atoms with Crippen LogP contribution in [0.25, 0.3) is 0 Å². The van der Waals surface area contributed by atoms with Gasteiger partial charge in [-0.3, -0.25) is 4.79 Å². The number of hydrogen-bond acceptors (Lipinski definition) is 7. The summed E-state index contributed by atoms with van der Waals surface area (Å²) >= 11 is 0. The van der Waals surface area contributed by atoms with E-state index in [9.17, 15) is 31.5 Å². The van der Waals surface area contributed by atoms with Crippen LogP contribution in [0.2, 0.25) is 0 Å². The summed E-state index contributed by atoms with van der Waals surface area (Å²) in [6.07, 6.45) is -3.96. The van der Waals surface area contributed by atoms with Crippen molar-refractivity contribution in [1.82, 2.24) is 10.6 Å². The molecule has 0 atom stereocenters. The van der Waals surface area contributed by atoms with Gasteiger partial charge < -0.3 is 41.9 Å². The van der Waals surface area contributed by atoms with Crippen LogP contribution < -0.4 is 36.5 Å². The van der Waals surface area contributed by atoms with Crippen molar-refractivity contribution in [2.45, 2.75) is 19.3 Å². The van der Waals surface area contributed by atoms with Crippen LogP contribution in [0.4, 0.5) is 38.1 Å². The van der Waals surface area contributed by atoms with Crippen molar-refractivity contribution in [2.24, 2.45) is 5.73 Å². The Kier molecular flexibility index (Phi) is 10.5. The van der Waals surface area contributed by atoms with E-state index >= 15 is 0 Å². The molecular formula is C28H27F5N6O4. The van der Waals surface area contributed by atoms with Crippen LogP contribution in [-0.4, -0.2) is 32.4 Å². The second-order valence-electron chi connectivity index (χ2n) is 8.81. The second-order valence-corrected chi connectivity index (χ2v) is 8.81. The van der Waals surface area contributed by atoms with Gasteiger partial charge in [0.05, 0.1) is 31.2 Å². The maximum absolute atomic E-state index is 14.3. The van der Waals surface area contributed by atoms with E-state index < -0.39 is 41.0 Å². The van der Waals surface area contributed by atoms with Crippen molar-refractivity contribution < 1.29 is 41.0 Å². The molecule has 0 fully saturated rings. The molecule has 7 N–H and O–H groups in total. The van der Waals surface area contributed by atoms with Crippen LogP contribution in [-0.2, 0) is 24.1 Å². The number of nitrogens with one attached hydrogen (secondary N) is 5. The molecule has 3 amide bonds. The average molecular weight is 607 g/mol. The maximum atomic E-state index is 14.3. The molecule has 3 rings (SSSR count). The van der Waals surface area contributed by atoms with E-state index in [1.807, 2.05) is 0 Å². The molecule has 43 heavy (non-hydrogen) atoms. The van der Waals surface area contributed by atoms with E-state index in [-0.39, 0.29) is 41.8 Å². The van der Waals surface area contributed by atoms with Crippen LogP contribution in [0.5, 0.6) is 11.5 Å². The number of benzene rings is 3. The highest BCUT2D eigenvalue weighted by atomic mass is 19.4. The van der Waals surface area contributed by atoms with Gasteiger partial charge >= 0.3 is 12.2 Å². The minimum atomic E-state index is -4.76. The van der Waals surface area contributed by atoms with Crippen LogP contribution in [0, 0.1) is 17.0 Å². The maximum Gasteiger partial charge on any atom is 0.416 e. The van der Waals surface area contributed by atoms with Gasteiger partial charge in [0.25, 0.3) is 5.91 Å². The predicted molar refractivity (Wildman–Crippen MR) is 149 cm³/mol. The Morgan fingerprint density at radius 1 is 0.930 bits per heavy atom. The van der Waals surface area contributed by atoms with Crippen molar-refractivity contribution in [2.75, 3.05) is 24.9 Å². The molecule has 0 bridgehead atoms. The van der Waals surface area contributed by atoms with Crippen molar-refractivity contribution >= 4 is 29.5 Å². The number of ether oxygens (including phenoxy) is 2. The summed E-state index contributed by atoms with van der Waals surface area (Å²) in [5.41, 5.74) is 4.60. The van der Waals surface area contributed by atoms with Gasteiger partial charge in [-0.25, -0.2) is 13.6 Å². The SMILES string of the molecule is COc1ccc(CNC(=O)C(N)=C(C=N)NCc2cc(F)cc(NC(=O)Nc3ccc(C(F)(F)F)cc3F)c2)c(OC)c1. The minimum absolute atomic E-state index is 0.0509. The van der Waals surface area contributed by atoms with Crippen molar-refractivity contribution in [3.05, 3.63) is 94.3 Å². The molecule has 0 saturated heterocycles. The zero-order chi connectivity index (χ0) is 31.7. The Bertz CT molecular complexity index is 1540. The highest BCUT2D eigenvalue weighted by Crippen LogP contribution is 2.31. The van der Waals surface area contributed by atoms with Gasteiger partial charge in [-0.15, -0.1) is 0 Å². The molecule has 0 aliphatic heterocycles. The fourth-order valence-electron chi connectivity index (χ4n) is 3.71. The molecule has 0 saturated carbocycles. The zero-order valence-electron chi connectivity index (χ0n) is 22.8. The zero-order valence-corrected chi connectivity index (χ0v) is 22.8. The van der Waals surface area contributed by atoms with Gasteiger partial charge in [0, 0.05) is 36.6 Å². The third kappa shape index (κ3) is 8.82. The Morgan fingerprint density at radius 2 is 1.67 bits per heavy atom. The first-order valence-corrected chi connectivity index (χ1v) is 12.3. The molecule has 15 heteroatoms.